The molecule has 1 N–H and O–H groups in total. The molecule has 6 heteroatoms. The van der Waals surface area contributed by atoms with Crippen LogP contribution < -0.4 is 5.32 Å². The molecule has 0 saturated heterocycles. The van der Waals surface area contributed by atoms with Crippen LogP contribution >= 0.6 is 0 Å². The molecule has 1 fully saturated rings. The minimum atomic E-state index is -4.36. The summed E-state index contributed by atoms with van der Waals surface area (Å²) < 4.78 is 38.1. The van der Waals surface area contributed by atoms with Crippen LogP contribution in [0.5, 0.6) is 0 Å². The number of nitrogens with one attached hydrogen (secondary N) is 1. The molecule has 0 aromatic heterocycles. The Morgan fingerprint density at radius 3 is 2.76 bits per heavy atom. The Hall–Kier alpha value is -1.72. The van der Waals surface area contributed by atoms with Crippen LogP contribution in [0.4, 0.5) is 18.9 Å². The third-order valence-corrected chi connectivity index (χ3v) is 3.92. The zero-order chi connectivity index (χ0) is 15.0. The van der Waals surface area contributed by atoms with Gasteiger partial charge in [-0.1, -0.05) is 6.07 Å². The van der Waals surface area contributed by atoms with Gasteiger partial charge in [0.15, 0.2) is 0 Å². The molecular weight excluding hydrogens is 281 g/mol. The number of anilines is 1. The largest absolute Gasteiger partial charge is 0.406 e. The zero-order valence-corrected chi connectivity index (χ0v) is 11.5. The summed E-state index contributed by atoms with van der Waals surface area (Å²) in [5.41, 5.74) is 2.13. The first-order valence-electron chi connectivity index (χ1n) is 7.19. The van der Waals surface area contributed by atoms with E-state index in [1.54, 1.807) is 12.1 Å². The van der Waals surface area contributed by atoms with Crippen molar-refractivity contribution < 1.29 is 18.0 Å². The van der Waals surface area contributed by atoms with Crippen molar-refractivity contribution >= 4 is 11.6 Å². The standard InChI is InChI=1S/C15H17F3N2O/c16-15(17,18)9-20(10-6-7-10)14(21)12-3-1-5-13-11(12)4-2-8-19-13/h1,3,5,10,19H,2,4,6-9H2. The summed E-state index contributed by atoms with van der Waals surface area (Å²) in [7, 11) is 0. The van der Waals surface area contributed by atoms with Crippen LogP contribution in [-0.2, 0) is 6.42 Å². The summed E-state index contributed by atoms with van der Waals surface area (Å²) in [4.78, 5) is 13.6. The molecule has 0 bridgehead atoms. The summed E-state index contributed by atoms with van der Waals surface area (Å²) >= 11 is 0. The van der Waals surface area contributed by atoms with Crippen molar-refractivity contribution in [3.8, 4) is 0 Å². The van der Waals surface area contributed by atoms with E-state index in [-0.39, 0.29) is 6.04 Å². The number of fused-ring (bicyclic) bond motifs is 1. The molecule has 1 amide bonds. The predicted molar refractivity (Wildman–Crippen MR) is 73.4 cm³/mol. The van der Waals surface area contributed by atoms with Crippen molar-refractivity contribution in [3.05, 3.63) is 29.3 Å². The molecule has 2 aliphatic rings. The second-order valence-corrected chi connectivity index (χ2v) is 5.64. The number of hydrogen-bond donors (Lipinski definition) is 1. The van der Waals surface area contributed by atoms with Gasteiger partial charge in [-0.3, -0.25) is 4.79 Å². The highest BCUT2D eigenvalue weighted by Crippen LogP contribution is 2.33. The topological polar surface area (TPSA) is 32.3 Å². The van der Waals surface area contributed by atoms with E-state index in [9.17, 15) is 18.0 Å². The number of hydrogen-bond acceptors (Lipinski definition) is 2. The Morgan fingerprint density at radius 2 is 2.10 bits per heavy atom. The molecular formula is C15H17F3N2O. The number of amides is 1. The monoisotopic (exact) mass is 298 g/mol. The molecule has 1 saturated carbocycles. The van der Waals surface area contributed by atoms with E-state index < -0.39 is 18.6 Å². The average molecular weight is 298 g/mol. The quantitative estimate of drug-likeness (QED) is 0.929. The van der Waals surface area contributed by atoms with Crippen LogP contribution in [0.1, 0.15) is 35.2 Å². The number of alkyl halides is 3. The highest BCUT2D eigenvalue weighted by molar-refractivity contribution is 5.97. The van der Waals surface area contributed by atoms with Gasteiger partial charge in [-0.2, -0.15) is 13.2 Å². The number of rotatable bonds is 3. The first kappa shape index (κ1) is 14.2. The van der Waals surface area contributed by atoms with E-state index in [0.717, 1.165) is 35.5 Å². The van der Waals surface area contributed by atoms with E-state index in [4.69, 9.17) is 0 Å². The van der Waals surface area contributed by atoms with Crippen LogP contribution in [-0.4, -0.2) is 36.1 Å². The highest BCUT2D eigenvalue weighted by atomic mass is 19.4. The summed E-state index contributed by atoms with van der Waals surface area (Å²) in [5.74, 6) is -0.490. The average Bonchev–Trinajstić information content (AvgIpc) is 3.27. The zero-order valence-electron chi connectivity index (χ0n) is 11.5. The van der Waals surface area contributed by atoms with Gasteiger partial charge in [-0.15, -0.1) is 0 Å². The predicted octanol–water partition coefficient (Wildman–Crippen LogP) is 3.21. The molecule has 0 unspecified atom stereocenters. The number of halogens is 3. The number of benzene rings is 1. The summed E-state index contributed by atoms with van der Waals surface area (Å²) in [6.07, 6.45) is -1.41. The second-order valence-electron chi connectivity index (χ2n) is 5.64. The van der Waals surface area contributed by atoms with Gasteiger partial charge < -0.3 is 10.2 Å². The van der Waals surface area contributed by atoms with Gasteiger partial charge in [0, 0.05) is 23.8 Å². The van der Waals surface area contributed by atoms with Gasteiger partial charge in [0.25, 0.3) is 5.91 Å². The van der Waals surface area contributed by atoms with Gasteiger partial charge in [-0.25, -0.2) is 0 Å². The van der Waals surface area contributed by atoms with Gasteiger partial charge >= 0.3 is 6.18 Å². The van der Waals surface area contributed by atoms with Crippen molar-refractivity contribution in [1.29, 1.82) is 0 Å². The maximum atomic E-state index is 12.7. The number of carbonyl (C=O) groups is 1. The van der Waals surface area contributed by atoms with E-state index >= 15 is 0 Å². The first-order valence-corrected chi connectivity index (χ1v) is 7.19. The molecule has 0 spiro atoms. The SMILES string of the molecule is O=C(c1cccc2c1CCCN2)N(CC(F)(F)F)C1CC1. The van der Waals surface area contributed by atoms with Crippen LogP contribution in [0.25, 0.3) is 0 Å². The fourth-order valence-corrected chi connectivity index (χ4v) is 2.81. The van der Waals surface area contributed by atoms with Gasteiger partial charge in [0.05, 0.1) is 0 Å². The molecule has 1 aliphatic carbocycles. The van der Waals surface area contributed by atoms with E-state index in [2.05, 4.69) is 5.32 Å². The first-order chi connectivity index (χ1) is 9.96. The molecule has 1 aromatic rings. The lowest BCUT2D eigenvalue weighted by Crippen LogP contribution is -2.41. The summed E-state index contributed by atoms with van der Waals surface area (Å²) in [6, 6.07) is 4.98. The fourth-order valence-electron chi connectivity index (χ4n) is 2.81. The maximum absolute atomic E-state index is 12.7. The Labute approximate surface area is 121 Å². The van der Waals surface area contributed by atoms with Crippen LogP contribution in [0.2, 0.25) is 0 Å². The van der Waals surface area contributed by atoms with Gasteiger partial charge in [0.2, 0.25) is 0 Å². The highest BCUT2D eigenvalue weighted by Gasteiger charge is 2.41. The van der Waals surface area contributed by atoms with E-state index in [1.165, 1.54) is 0 Å². The summed E-state index contributed by atoms with van der Waals surface area (Å²) in [6.45, 7) is -0.326. The lowest BCUT2D eigenvalue weighted by molar-refractivity contribution is -0.141. The molecule has 1 aliphatic heterocycles. The third-order valence-electron chi connectivity index (χ3n) is 3.92. The normalized spacial score (nSPS) is 17.9. The smallest absolute Gasteiger partial charge is 0.385 e. The minimum Gasteiger partial charge on any atom is -0.385 e. The Balaban J connectivity index is 1.89. The molecule has 3 nitrogen and oxygen atoms in total. The van der Waals surface area contributed by atoms with Crippen molar-refractivity contribution in [3.63, 3.8) is 0 Å². The van der Waals surface area contributed by atoms with Crippen LogP contribution in [0.15, 0.2) is 18.2 Å². The Morgan fingerprint density at radius 1 is 1.33 bits per heavy atom. The van der Waals surface area contributed by atoms with Crippen molar-refractivity contribution in [2.45, 2.75) is 37.9 Å². The fraction of sp³-hybridized carbons (Fsp3) is 0.533. The lowest BCUT2D eigenvalue weighted by atomic mass is 9.96. The van der Waals surface area contributed by atoms with Gasteiger partial charge in [0.1, 0.15) is 6.54 Å². The molecule has 1 aromatic carbocycles. The lowest BCUT2D eigenvalue weighted by Gasteiger charge is -2.27. The van der Waals surface area contributed by atoms with E-state index in [0.29, 0.717) is 18.4 Å². The Bertz CT molecular complexity index is 552. The molecule has 0 atom stereocenters. The molecule has 0 radical (unpaired) electrons. The molecule has 3 rings (SSSR count). The summed E-state index contributed by atoms with van der Waals surface area (Å²) in [5, 5.41) is 3.20. The van der Waals surface area contributed by atoms with Gasteiger partial charge in [-0.05, 0) is 43.4 Å². The molecule has 21 heavy (non-hydrogen) atoms. The van der Waals surface area contributed by atoms with Crippen LogP contribution in [0.3, 0.4) is 0 Å². The third kappa shape index (κ3) is 3.14. The number of carbonyl (C=O) groups excluding carboxylic acids is 1. The molecule has 1 heterocycles. The Kier molecular flexibility index (Phi) is 3.55. The minimum absolute atomic E-state index is 0.258. The maximum Gasteiger partial charge on any atom is 0.406 e. The second kappa shape index (κ2) is 5.24. The van der Waals surface area contributed by atoms with Crippen LogP contribution in [0, 0.1) is 0 Å². The van der Waals surface area contributed by atoms with Crippen molar-refractivity contribution in [1.82, 2.24) is 4.90 Å². The van der Waals surface area contributed by atoms with E-state index in [1.807, 2.05) is 6.07 Å². The molecule has 114 valence electrons. The van der Waals surface area contributed by atoms with Crippen molar-refractivity contribution in [2.75, 3.05) is 18.4 Å². The number of nitrogens with zero attached hydrogens (tertiary/aromatic N) is 1. The van der Waals surface area contributed by atoms with Crippen molar-refractivity contribution in [2.24, 2.45) is 0 Å².